The van der Waals surface area contributed by atoms with E-state index in [2.05, 4.69) is 39.9 Å². The molecule has 18 heavy (non-hydrogen) atoms. The molecule has 1 unspecified atom stereocenters. The van der Waals surface area contributed by atoms with Gasteiger partial charge in [0.1, 0.15) is 0 Å². The Morgan fingerprint density at radius 3 is 2.83 bits per heavy atom. The van der Waals surface area contributed by atoms with E-state index in [9.17, 15) is 0 Å². The van der Waals surface area contributed by atoms with E-state index in [0.717, 1.165) is 31.9 Å². The lowest BCUT2D eigenvalue weighted by atomic mass is 10.0. The Morgan fingerprint density at radius 2 is 2.28 bits per heavy atom. The van der Waals surface area contributed by atoms with E-state index in [1.165, 1.54) is 0 Å². The Kier molecular flexibility index (Phi) is 4.32. The van der Waals surface area contributed by atoms with Gasteiger partial charge in [-0.15, -0.1) is 0 Å². The number of hydrazone groups is 1. The van der Waals surface area contributed by atoms with E-state index in [1.54, 1.807) is 12.1 Å². The zero-order valence-corrected chi connectivity index (χ0v) is 12.3. The van der Waals surface area contributed by atoms with Gasteiger partial charge < -0.3 is 0 Å². The summed E-state index contributed by atoms with van der Waals surface area (Å²) in [5.74, 6) is 0. The summed E-state index contributed by atoms with van der Waals surface area (Å²) in [5, 5.41) is 6.47. The van der Waals surface area contributed by atoms with Crippen LogP contribution in [0.25, 0.3) is 0 Å². The van der Waals surface area contributed by atoms with E-state index >= 15 is 0 Å². The molecular weight excluding hydrogens is 246 g/mol. The molecule has 0 saturated carbocycles. The van der Waals surface area contributed by atoms with E-state index in [-0.39, 0.29) is 5.54 Å². The van der Waals surface area contributed by atoms with Gasteiger partial charge in [0.25, 0.3) is 0 Å². The van der Waals surface area contributed by atoms with Gasteiger partial charge in [-0.3, -0.25) is 9.91 Å². The average Bonchev–Trinajstić information content (AvgIpc) is 2.70. The lowest BCUT2D eigenvalue weighted by Gasteiger charge is -2.33. The predicted octanol–water partition coefficient (Wildman–Crippen LogP) is 1.03. The third-order valence-corrected chi connectivity index (χ3v) is 4.27. The fourth-order valence-electron chi connectivity index (χ4n) is 2.37. The quantitative estimate of drug-likeness (QED) is 0.579. The van der Waals surface area contributed by atoms with Gasteiger partial charge in [-0.25, -0.2) is 9.44 Å². The zero-order chi connectivity index (χ0) is 13.2. The van der Waals surface area contributed by atoms with Crippen LogP contribution < -0.4 is 9.44 Å². The van der Waals surface area contributed by atoms with Crippen LogP contribution in [0.2, 0.25) is 0 Å². The highest BCUT2D eigenvalue weighted by molar-refractivity contribution is 7.95. The second-order valence-electron chi connectivity index (χ2n) is 5.30. The van der Waals surface area contributed by atoms with Gasteiger partial charge in [-0.05, 0) is 20.8 Å². The molecule has 0 aromatic heterocycles. The first kappa shape index (κ1) is 13.9. The Labute approximate surface area is 114 Å². The molecular formula is C12H23N5S. The molecule has 1 atom stereocenters. The highest BCUT2D eigenvalue weighted by atomic mass is 32.2. The lowest BCUT2D eigenvalue weighted by Crippen LogP contribution is -2.55. The zero-order valence-electron chi connectivity index (χ0n) is 11.4. The van der Waals surface area contributed by atoms with Crippen LogP contribution in [0, 0.1) is 0 Å². The first-order chi connectivity index (χ1) is 8.56. The highest BCUT2D eigenvalue weighted by Crippen LogP contribution is 2.25. The summed E-state index contributed by atoms with van der Waals surface area (Å²) in [7, 11) is 0. The molecule has 102 valence electrons. The molecule has 2 N–H and O–H groups in total. The maximum absolute atomic E-state index is 4.44. The van der Waals surface area contributed by atoms with Gasteiger partial charge >= 0.3 is 0 Å². The van der Waals surface area contributed by atoms with Crippen LogP contribution in [-0.2, 0) is 0 Å². The fourth-order valence-corrected chi connectivity index (χ4v) is 3.21. The molecule has 2 aliphatic heterocycles. The maximum Gasteiger partial charge on any atom is 0.0750 e. The lowest BCUT2D eigenvalue weighted by molar-refractivity contribution is 0.192. The van der Waals surface area contributed by atoms with Crippen molar-refractivity contribution in [3.8, 4) is 0 Å². The summed E-state index contributed by atoms with van der Waals surface area (Å²) in [5.41, 5.74) is 1.11. The van der Waals surface area contributed by atoms with Gasteiger partial charge in [0.15, 0.2) is 0 Å². The smallest absolute Gasteiger partial charge is 0.0750 e. The number of hydrogen-bond acceptors (Lipinski definition) is 6. The third kappa shape index (κ3) is 2.88. The summed E-state index contributed by atoms with van der Waals surface area (Å²) in [6.07, 6.45) is 1.83. The van der Waals surface area contributed by atoms with Gasteiger partial charge in [-0.2, -0.15) is 5.10 Å². The van der Waals surface area contributed by atoms with Gasteiger partial charge in [-0.1, -0.05) is 6.58 Å². The molecule has 0 aromatic carbocycles. The Balaban J connectivity index is 2.22. The first-order valence-corrected chi connectivity index (χ1v) is 7.22. The minimum atomic E-state index is 0.0425. The van der Waals surface area contributed by atoms with Gasteiger partial charge in [0, 0.05) is 49.7 Å². The average molecular weight is 269 g/mol. The maximum atomic E-state index is 4.44. The van der Waals surface area contributed by atoms with Crippen LogP contribution >= 0.6 is 12.1 Å². The van der Waals surface area contributed by atoms with Crippen molar-refractivity contribution < 1.29 is 0 Å². The standard InChI is InChI=1S/C12H23N5S/c1-5-13-17-9-12(7-14-18-15-12)8-16(10(2)3)6-11(17)4/h5,10,14-15H,4,6-9H2,1-3H3/b13-5-. The summed E-state index contributed by atoms with van der Waals surface area (Å²) < 4.78 is 6.83. The molecule has 2 aliphatic rings. The van der Waals surface area contributed by atoms with Crippen molar-refractivity contribution in [2.75, 3.05) is 26.2 Å². The van der Waals surface area contributed by atoms with Crippen molar-refractivity contribution in [2.24, 2.45) is 5.10 Å². The van der Waals surface area contributed by atoms with Crippen LogP contribution in [0.5, 0.6) is 0 Å². The van der Waals surface area contributed by atoms with Gasteiger partial charge in [0.05, 0.1) is 12.1 Å². The van der Waals surface area contributed by atoms with Crippen molar-refractivity contribution in [3.05, 3.63) is 12.3 Å². The second kappa shape index (κ2) is 5.61. The van der Waals surface area contributed by atoms with Crippen molar-refractivity contribution in [3.63, 3.8) is 0 Å². The molecule has 0 radical (unpaired) electrons. The van der Waals surface area contributed by atoms with Crippen molar-refractivity contribution in [1.29, 1.82) is 0 Å². The Bertz CT molecular complexity index is 335. The second-order valence-corrected chi connectivity index (χ2v) is 6.00. The molecule has 2 rings (SSSR count). The van der Waals surface area contributed by atoms with Crippen LogP contribution in [-0.4, -0.2) is 53.9 Å². The molecule has 0 amide bonds. The Hall–Kier alpha value is -0.560. The number of nitrogens with zero attached hydrogens (tertiary/aromatic N) is 3. The first-order valence-electron chi connectivity index (χ1n) is 6.40. The SMILES string of the molecule is C=C1CN(C(C)C)CC2(CNSN2)CN1/N=C\C. The van der Waals surface area contributed by atoms with E-state index in [4.69, 9.17) is 0 Å². The summed E-state index contributed by atoms with van der Waals surface area (Å²) in [4.78, 5) is 2.45. The Morgan fingerprint density at radius 1 is 1.50 bits per heavy atom. The van der Waals surface area contributed by atoms with E-state index in [1.807, 2.05) is 18.1 Å². The summed E-state index contributed by atoms with van der Waals surface area (Å²) in [6.45, 7) is 14.3. The van der Waals surface area contributed by atoms with Crippen LogP contribution in [0.1, 0.15) is 20.8 Å². The molecule has 2 fully saturated rings. The monoisotopic (exact) mass is 269 g/mol. The molecule has 0 aromatic rings. The molecule has 2 heterocycles. The van der Waals surface area contributed by atoms with Crippen LogP contribution in [0.4, 0.5) is 0 Å². The molecule has 0 aliphatic carbocycles. The molecule has 6 heteroatoms. The highest BCUT2D eigenvalue weighted by Gasteiger charge is 2.41. The molecule has 5 nitrogen and oxygen atoms in total. The van der Waals surface area contributed by atoms with Crippen molar-refractivity contribution >= 4 is 18.3 Å². The summed E-state index contributed by atoms with van der Waals surface area (Å²) in [6, 6.07) is 0.511. The third-order valence-electron chi connectivity index (χ3n) is 3.44. The molecule has 2 saturated heterocycles. The normalized spacial score (nSPS) is 30.9. The number of nitrogens with one attached hydrogen (secondary N) is 2. The predicted molar refractivity (Wildman–Crippen MR) is 78.2 cm³/mol. The number of hydrogen-bond donors (Lipinski definition) is 2. The topological polar surface area (TPSA) is 42.9 Å². The number of rotatable bonds is 2. The molecule has 1 spiro atoms. The van der Waals surface area contributed by atoms with E-state index < -0.39 is 0 Å². The largest absolute Gasteiger partial charge is 0.293 e. The van der Waals surface area contributed by atoms with Crippen LogP contribution in [0.3, 0.4) is 0 Å². The fraction of sp³-hybridized carbons (Fsp3) is 0.750. The van der Waals surface area contributed by atoms with Crippen molar-refractivity contribution in [1.82, 2.24) is 19.4 Å². The minimum Gasteiger partial charge on any atom is -0.293 e. The molecule has 0 bridgehead atoms. The van der Waals surface area contributed by atoms with Gasteiger partial charge in [0.2, 0.25) is 0 Å². The van der Waals surface area contributed by atoms with Crippen LogP contribution in [0.15, 0.2) is 17.4 Å². The van der Waals surface area contributed by atoms with Crippen molar-refractivity contribution in [2.45, 2.75) is 32.4 Å². The minimum absolute atomic E-state index is 0.0425. The van der Waals surface area contributed by atoms with E-state index in [0.29, 0.717) is 6.04 Å². The summed E-state index contributed by atoms with van der Waals surface area (Å²) >= 11 is 1.59.